The average Bonchev–Trinajstić information content (AvgIpc) is 2.77. The van der Waals surface area contributed by atoms with Crippen molar-refractivity contribution in [1.29, 1.82) is 0 Å². The van der Waals surface area contributed by atoms with Crippen molar-refractivity contribution in [3.63, 3.8) is 0 Å². The predicted molar refractivity (Wildman–Crippen MR) is 128 cm³/mol. The molecule has 9 heteroatoms. The van der Waals surface area contributed by atoms with E-state index in [0.717, 1.165) is 10.4 Å². The molecule has 0 aromatic heterocycles. The molecule has 180 valence electrons. The first kappa shape index (κ1) is 25.2. The van der Waals surface area contributed by atoms with Gasteiger partial charge in [-0.3, -0.25) is 4.79 Å². The van der Waals surface area contributed by atoms with E-state index in [9.17, 15) is 24.6 Å². The van der Waals surface area contributed by atoms with E-state index in [0.29, 0.717) is 0 Å². The molecule has 0 unspecified atom stereocenters. The van der Waals surface area contributed by atoms with Crippen molar-refractivity contribution in [2.75, 3.05) is 0 Å². The highest BCUT2D eigenvalue weighted by Gasteiger charge is 2.54. The largest absolute Gasteiger partial charge is 0.478 e. The van der Waals surface area contributed by atoms with Crippen molar-refractivity contribution in [3.05, 3.63) is 72.5 Å². The fraction of sp³-hybridized carbons (Fsp3) is 0.320. The third kappa shape index (κ3) is 4.90. The topological polar surface area (TPSA) is 122 Å². The van der Waals surface area contributed by atoms with Crippen LogP contribution < -0.4 is 15.7 Å². The molecule has 8 nitrogen and oxygen atoms in total. The molecule has 1 aliphatic heterocycles. The normalized spacial score (nSPS) is 20.6. The van der Waals surface area contributed by atoms with Gasteiger partial charge in [0.25, 0.3) is 8.32 Å². The summed E-state index contributed by atoms with van der Waals surface area (Å²) in [5, 5.41) is 23.4. The molecule has 3 rings (SSSR count). The average molecular weight is 484 g/mol. The molecule has 2 aromatic rings. The van der Waals surface area contributed by atoms with Gasteiger partial charge in [0.05, 0.1) is 6.10 Å². The number of carboxylic acid groups (broad SMARTS) is 2. The number of hydrogen-bond acceptors (Lipinski definition) is 5. The van der Waals surface area contributed by atoms with Gasteiger partial charge >= 0.3 is 11.9 Å². The Labute approximate surface area is 199 Å². The lowest BCUT2D eigenvalue weighted by Gasteiger charge is -2.47. The molecule has 1 aliphatic rings. The summed E-state index contributed by atoms with van der Waals surface area (Å²) in [6, 6.07) is 18.1. The Bertz CT molecular complexity index is 1040. The summed E-state index contributed by atoms with van der Waals surface area (Å²) < 4.78 is 12.2. The highest BCUT2D eigenvalue weighted by molar-refractivity contribution is 6.99. The number of benzene rings is 2. The van der Waals surface area contributed by atoms with Gasteiger partial charge in [0.1, 0.15) is 6.04 Å². The summed E-state index contributed by atoms with van der Waals surface area (Å²) >= 11 is 0. The Kier molecular flexibility index (Phi) is 7.28. The van der Waals surface area contributed by atoms with Gasteiger partial charge in [0.15, 0.2) is 0 Å². The SMILES string of the molecule is CC(=O)N[C@@H]1[C@H](O[Si](c2ccccc2)(c2ccccc2)C(C)(C)C)C=C(C(=O)O)O[C@H]1C(=O)O. The lowest BCUT2D eigenvalue weighted by molar-refractivity contribution is -0.156. The third-order valence-corrected chi connectivity index (χ3v) is 10.8. The van der Waals surface area contributed by atoms with Gasteiger partial charge in [-0.2, -0.15) is 0 Å². The number of aliphatic carboxylic acids is 2. The summed E-state index contributed by atoms with van der Waals surface area (Å²) in [6.07, 6.45) is -1.46. The van der Waals surface area contributed by atoms with Crippen molar-refractivity contribution in [1.82, 2.24) is 5.32 Å². The molecule has 1 heterocycles. The van der Waals surface area contributed by atoms with E-state index in [1.165, 1.54) is 13.0 Å². The number of carbonyl (C=O) groups excluding carboxylic acids is 1. The number of ether oxygens (including phenoxy) is 1. The summed E-state index contributed by atoms with van der Waals surface area (Å²) in [7, 11) is -3.20. The number of hydrogen-bond donors (Lipinski definition) is 3. The highest BCUT2D eigenvalue weighted by Crippen LogP contribution is 2.39. The van der Waals surface area contributed by atoms with Gasteiger partial charge in [-0.15, -0.1) is 0 Å². The molecule has 0 spiro atoms. The number of rotatable bonds is 7. The molecule has 0 fully saturated rings. The van der Waals surface area contributed by atoms with Crippen LogP contribution in [-0.4, -0.2) is 54.6 Å². The van der Waals surface area contributed by atoms with E-state index in [-0.39, 0.29) is 0 Å². The van der Waals surface area contributed by atoms with Gasteiger partial charge in [0.2, 0.25) is 17.8 Å². The first-order valence-electron chi connectivity index (χ1n) is 10.9. The molecule has 0 radical (unpaired) electrons. The van der Waals surface area contributed by atoms with Crippen LogP contribution in [-0.2, 0) is 23.5 Å². The Hall–Kier alpha value is -3.43. The minimum Gasteiger partial charge on any atom is -0.478 e. The van der Waals surface area contributed by atoms with Crippen LogP contribution in [0.2, 0.25) is 5.04 Å². The fourth-order valence-corrected chi connectivity index (χ4v) is 9.03. The van der Waals surface area contributed by atoms with Crippen LogP contribution in [0.25, 0.3) is 0 Å². The van der Waals surface area contributed by atoms with Crippen LogP contribution in [0.4, 0.5) is 0 Å². The second-order valence-electron chi connectivity index (χ2n) is 9.18. The zero-order valence-corrected chi connectivity index (χ0v) is 20.5. The molecule has 0 bridgehead atoms. The van der Waals surface area contributed by atoms with E-state index < -0.39 is 55.2 Å². The molecule has 0 saturated carbocycles. The van der Waals surface area contributed by atoms with Gasteiger partial charge in [0, 0.05) is 6.92 Å². The molecule has 0 aliphatic carbocycles. The molecule has 34 heavy (non-hydrogen) atoms. The van der Waals surface area contributed by atoms with E-state index in [4.69, 9.17) is 9.16 Å². The molecule has 1 amide bonds. The maximum atomic E-state index is 12.0. The molecular weight excluding hydrogens is 454 g/mol. The highest BCUT2D eigenvalue weighted by atomic mass is 28.4. The van der Waals surface area contributed by atoms with Crippen molar-refractivity contribution in [2.45, 2.75) is 51.0 Å². The quantitative estimate of drug-likeness (QED) is 0.514. The maximum Gasteiger partial charge on any atom is 0.370 e. The van der Waals surface area contributed by atoms with E-state index in [1.807, 2.05) is 81.4 Å². The van der Waals surface area contributed by atoms with E-state index in [2.05, 4.69) is 5.32 Å². The van der Waals surface area contributed by atoms with Gasteiger partial charge in [-0.05, 0) is 21.5 Å². The van der Waals surface area contributed by atoms with E-state index in [1.54, 1.807) is 0 Å². The zero-order valence-electron chi connectivity index (χ0n) is 19.5. The Morgan fingerprint density at radius 3 is 1.82 bits per heavy atom. The molecule has 0 saturated heterocycles. The summed E-state index contributed by atoms with van der Waals surface area (Å²) in [4.78, 5) is 35.8. The first-order valence-corrected chi connectivity index (χ1v) is 12.8. The number of nitrogens with one attached hydrogen (secondary N) is 1. The monoisotopic (exact) mass is 483 g/mol. The number of carbonyl (C=O) groups is 3. The van der Waals surface area contributed by atoms with Gasteiger partial charge < -0.3 is 24.7 Å². The number of carboxylic acids is 2. The summed E-state index contributed by atoms with van der Waals surface area (Å²) in [6.45, 7) is 7.39. The minimum absolute atomic E-state index is 0.454. The zero-order chi connectivity index (χ0) is 25.1. The lowest BCUT2D eigenvalue weighted by Crippen LogP contribution is -2.70. The van der Waals surface area contributed by atoms with Crippen LogP contribution in [0.5, 0.6) is 0 Å². The molecule has 3 N–H and O–H groups in total. The van der Waals surface area contributed by atoms with Crippen LogP contribution in [0.3, 0.4) is 0 Å². The predicted octanol–water partition coefficient (Wildman–Crippen LogP) is 1.89. The molecule has 3 atom stereocenters. The Morgan fingerprint density at radius 2 is 1.44 bits per heavy atom. The Balaban J connectivity index is 2.27. The first-order chi connectivity index (χ1) is 16.0. The molecular formula is C25H29NO7Si. The third-order valence-electron chi connectivity index (χ3n) is 5.80. The fourth-order valence-electron chi connectivity index (χ4n) is 4.40. The van der Waals surface area contributed by atoms with Gasteiger partial charge in [-0.1, -0.05) is 81.4 Å². The van der Waals surface area contributed by atoms with Crippen molar-refractivity contribution in [3.8, 4) is 0 Å². The smallest absolute Gasteiger partial charge is 0.370 e. The number of amides is 1. The second-order valence-corrected chi connectivity index (χ2v) is 13.4. The van der Waals surface area contributed by atoms with Crippen molar-refractivity contribution >= 4 is 36.5 Å². The summed E-state index contributed by atoms with van der Waals surface area (Å²) in [5.41, 5.74) is 0. The standard InChI is InChI=1S/C25H29NO7Si/c1-16(27)26-21-19(15-20(23(28)29)32-22(21)24(30)31)33-34(25(2,3)4,17-11-7-5-8-12-17)18-13-9-6-10-14-18/h5-15,19,21-22H,1-4H3,(H,26,27)(H,28,29)(H,30,31)/t19-,21-,22-/m1/s1. The van der Waals surface area contributed by atoms with E-state index >= 15 is 0 Å². The van der Waals surface area contributed by atoms with Crippen LogP contribution in [0.1, 0.15) is 27.7 Å². The second kappa shape index (κ2) is 9.82. The maximum absolute atomic E-state index is 12.0. The Morgan fingerprint density at radius 1 is 0.941 bits per heavy atom. The van der Waals surface area contributed by atoms with Crippen LogP contribution in [0.15, 0.2) is 72.5 Å². The van der Waals surface area contributed by atoms with Crippen LogP contribution >= 0.6 is 0 Å². The van der Waals surface area contributed by atoms with Crippen molar-refractivity contribution < 1.29 is 33.8 Å². The van der Waals surface area contributed by atoms with Gasteiger partial charge in [-0.25, -0.2) is 9.59 Å². The minimum atomic E-state index is -3.20. The lowest BCUT2D eigenvalue weighted by atomic mass is 10.0. The summed E-state index contributed by atoms with van der Waals surface area (Å²) in [5.74, 6) is -3.83. The van der Waals surface area contributed by atoms with Crippen LogP contribution in [0, 0.1) is 0 Å². The molecule has 2 aromatic carbocycles. The van der Waals surface area contributed by atoms with Crippen molar-refractivity contribution in [2.24, 2.45) is 0 Å².